The number of allylic oxidation sites excluding steroid dienone is 4. The summed E-state index contributed by atoms with van der Waals surface area (Å²) in [6.45, 7) is 3.32. The smallest absolute Gasteiger partial charge is 0.249 e. The van der Waals surface area contributed by atoms with Gasteiger partial charge >= 0.3 is 0 Å². The SMILES string of the molecule is CCCCCC/C=C\CCC(O)C(=O)NC(COC1OC(CO)C(O)C(O)C1O)C(O)C(O)CCC/C=C/CCCCCCCCCCCCC. The van der Waals surface area contributed by atoms with Gasteiger partial charge in [0.1, 0.15) is 36.6 Å². The van der Waals surface area contributed by atoms with Crippen molar-refractivity contribution in [2.45, 2.75) is 210 Å². The average Bonchev–Trinajstić information content (AvgIpc) is 3.13. The minimum absolute atomic E-state index is 0.168. The van der Waals surface area contributed by atoms with Crippen LogP contribution in [0.3, 0.4) is 0 Å². The topological polar surface area (TPSA) is 189 Å². The fraction of sp³-hybridized carbons (Fsp3) is 0.875. The fourth-order valence-electron chi connectivity index (χ4n) is 6.26. The van der Waals surface area contributed by atoms with Crippen molar-refractivity contribution in [3.63, 3.8) is 0 Å². The molecule has 0 spiro atoms. The highest BCUT2D eigenvalue weighted by Gasteiger charge is 2.44. The molecule has 1 rings (SSSR count). The van der Waals surface area contributed by atoms with Crippen LogP contribution in [0.5, 0.6) is 0 Å². The Bertz CT molecular complexity index is 887. The Balaban J connectivity index is 2.55. The van der Waals surface area contributed by atoms with Crippen molar-refractivity contribution in [3.05, 3.63) is 24.3 Å². The molecule has 9 unspecified atom stereocenters. The average molecular weight is 730 g/mol. The highest BCUT2D eigenvalue weighted by Crippen LogP contribution is 2.23. The molecule has 0 radical (unpaired) electrons. The zero-order chi connectivity index (χ0) is 37.7. The number of hydrogen-bond acceptors (Lipinski definition) is 10. The molecule has 9 atom stereocenters. The van der Waals surface area contributed by atoms with Gasteiger partial charge in [-0.1, -0.05) is 122 Å². The van der Waals surface area contributed by atoms with E-state index >= 15 is 0 Å². The molecule has 0 aromatic heterocycles. The van der Waals surface area contributed by atoms with Gasteiger partial charge in [0, 0.05) is 0 Å². The van der Waals surface area contributed by atoms with Crippen LogP contribution in [0.1, 0.15) is 155 Å². The third kappa shape index (κ3) is 21.8. The molecule has 1 fully saturated rings. The van der Waals surface area contributed by atoms with Crippen molar-refractivity contribution >= 4 is 5.91 Å². The lowest BCUT2D eigenvalue weighted by atomic mass is 9.99. The third-order valence-electron chi connectivity index (χ3n) is 9.73. The quantitative estimate of drug-likeness (QED) is 0.0342. The summed E-state index contributed by atoms with van der Waals surface area (Å²) in [6.07, 6.45) is 19.8. The first kappa shape index (κ1) is 47.6. The van der Waals surface area contributed by atoms with Gasteiger partial charge in [-0.15, -0.1) is 0 Å². The number of rotatable bonds is 32. The Morgan fingerprint density at radius 2 is 1.16 bits per heavy atom. The van der Waals surface area contributed by atoms with Crippen LogP contribution in [0.15, 0.2) is 24.3 Å². The molecule has 0 aliphatic carbocycles. The number of carbonyl (C=O) groups is 1. The van der Waals surface area contributed by atoms with Crippen LogP contribution in [-0.4, -0.2) is 110 Å². The monoisotopic (exact) mass is 730 g/mol. The van der Waals surface area contributed by atoms with Crippen LogP contribution in [0.2, 0.25) is 0 Å². The zero-order valence-electron chi connectivity index (χ0n) is 31.8. The lowest BCUT2D eigenvalue weighted by Crippen LogP contribution is -2.60. The number of nitrogens with one attached hydrogen (secondary N) is 1. The Hall–Kier alpha value is -1.41. The van der Waals surface area contributed by atoms with E-state index in [0.717, 1.165) is 32.1 Å². The Morgan fingerprint density at radius 3 is 1.71 bits per heavy atom. The van der Waals surface area contributed by atoms with Crippen LogP contribution in [-0.2, 0) is 14.3 Å². The summed E-state index contributed by atoms with van der Waals surface area (Å²) >= 11 is 0. The van der Waals surface area contributed by atoms with Crippen LogP contribution >= 0.6 is 0 Å². The molecule has 1 aliphatic rings. The number of amides is 1. The Morgan fingerprint density at radius 1 is 0.667 bits per heavy atom. The Kier molecular flexibility index (Phi) is 28.9. The van der Waals surface area contributed by atoms with E-state index in [1.807, 2.05) is 12.2 Å². The molecule has 1 saturated heterocycles. The first-order valence-corrected chi connectivity index (χ1v) is 20.2. The number of aliphatic hydroxyl groups is 7. The minimum atomic E-state index is -1.67. The fourth-order valence-corrected chi connectivity index (χ4v) is 6.26. The number of unbranched alkanes of at least 4 members (excludes halogenated alkanes) is 16. The number of carbonyl (C=O) groups excluding carboxylic acids is 1. The van der Waals surface area contributed by atoms with Gasteiger partial charge in [-0.25, -0.2) is 0 Å². The zero-order valence-corrected chi connectivity index (χ0v) is 31.8. The predicted molar refractivity (Wildman–Crippen MR) is 201 cm³/mol. The van der Waals surface area contributed by atoms with Gasteiger partial charge in [0.25, 0.3) is 0 Å². The van der Waals surface area contributed by atoms with E-state index in [9.17, 15) is 40.5 Å². The Labute approximate surface area is 308 Å². The van der Waals surface area contributed by atoms with E-state index < -0.39 is 74.2 Å². The first-order valence-electron chi connectivity index (χ1n) is 20.2. The maximum absolute atomic E-state index is 12.9. The molecule has 11 nitrogen and oxygen atoms in total. The second-order valence-electron chi connectivity index (χ2n) is 14.3. The second kappa shape index (κ2) is 31.0. The van der Waals surface area contributed by atoms with Gasteiger partial charge in [-0.3, -0.25) is 4.79 Å². The molecule has 1 aliphatic heterocycles. The van der Waals surface area contributed by atoms with Crippen LogP contribution in [0.4, 0.5) is 0 Å². The van der Waals surface area contributed by atoms with Crippen molar-refractivity contribution in [1.82, 2.24) is 5.32 Å². The van der Waals surface area contributed by atoms with Crippen LogP contribution in [0.25, 0.3) is 0 Å². The van der Waals surface area contributed by atoms with E-state index in [1.165, 1.54) is 83.5 Å². The summed E-state index contributed by atoms with van der Waals surface area (Å²) in [7, 11) is 0. The molecule has 0 saturated carbocycles. The number of hydrogen-bond donors (Lipinski definition) is 8. The molecule has 8 N–H and O–H groups in total. The van der Waals surface area contributed by atoms with Crippen molar-refractivity contribution in [2.24, 2.45) is 0 Å². The normalized spacial score (nSPS) is 23.5. The largest absolute Gasteiger partial charge is 0.394 e. The predicted octanol–water partition coefficient (Wildman–Crippen LogP) is 5.10. The van der Waals surface area contributed by atoms with Crippen molar-refractivity contribution in [2.75, 3.05) is 13.2 Å². The molecular weight excluding hydrogens is 654 g/mol. The van der Waals surface area contributed by atoms with E-state index in [2.05, 4.69) is 31.3 Å². The molecule has 51 heavy (non-hydrogen) atoms. The van der Waals surface area contributed by atoms with E-state index in [0.29, 0.717) is 12.8 Å². The highest BCUT2D eigenvalue weighted by molar-refractivity contribution is 5.80. The van der Waals surface area contributed by atoms with Gasteiger partial charge in [0.2, 0.25) is 5.91 Å². The van der Waals surface area contributed by atoms with Gasteiger partial charge in [0.15, 0.2) is 6.29 Å². The van der Waals surface area contributed by atoms with Gasteiger partial charge < -0.3 is 50.5 Å². The number of aliphatic hydroxyl groups excluding tert-OH is 7. The molecule has 300 valence electrons. The summed E-state index contributed by atoms with van der Waals surface area (Å²) in [4.78, 5) is 12.9. The molecule has 0 aromatic rings. The highest BCUT2D eigenvalue weighted by atomic mass is 16.7. The van der Waals surface area contributed by atoms with Crippen LogP contribution in [0, 0.1) is 0 Å². The van der Waals surface area contributed by atoms with E-state index in [-0.39, 0.29) is 12.8 Å². The van der Waals surface area contributed by atoms with E-state index in [4.69, 9.17) is 9.47 Å². The van der Waals surface area contributed by atoms with Gasteiger partial charge in [-0.2, -0.15) is 0 Å². The van der Waals surface area contributed by atoms with Crippen molar-refractivity contribution in [1.29, 1.82) is 0 Å². The molecule has 0 aromatic carbocycles. The maximum Gasteiger partial charge on any atom is 0.249 e. The van der Waals surface area contributed by atoms with Crippen LogP contribution < -0.4 is 5.32 Å². The standard InChI is InChI=1S/C40H75NO10/c1-3-5-7-9-11-13-14-15-16-17-18-19-20-22-23-25-27-32(43)35(45)31(30-50-40-38(48)37(47)36(46)34(29-42)51-40)41-39(49)33(44)28-26-24-21-12-10-8-6-4-2/h20-22,24,31-38,40,42-48H,3-19,23,25-30H2,1-2H3,(H,41,49)/b22-20+,24-21-. The van der Waals surface area contributed by atoms with Gasteiger partial charge in [-0.05, 0) is 57.8 Å². The lowest BCUT2D eigenvalue weighted by molar-refractivity contribution is -0.303. The molecule has 0 bridgehead atoms. The molecule has 11 heteroatoms. The van der Waals surface area contributed by atoms with Crippen molar-refractivity contribution in [3.8, 4) is 0 Å². The van der Waals surface area contributed by atoms with E-state index in [1.54, 1.807) is 0 Å². The first-order chi connectivity index (χ1) is 24.7. The second-order valence-corrected chi connectivity index (χ2v) is 14.3. The summed E-state index contributed by atoms with van der Waals surface area (Å²) in [5.41, 5.74) is 0. The maximum atomic E-state index is 12.9. The molecule has 1 heterocycles. The minimum Gasteiger partial charge on any atom is -0.394 e. The van der Waals surface area contributed by atoms with Gasteiger partial charge in [0.05, 0.1) is 25.4 Å². The lowest BCUT2D eigenvalue weighted by Gasteiger charge is -2.40. The van der Waals surface area contributed by atoms with Crippen molar-refractivity contribution < 1.29 is 50.0 Å². The number of ether oxygens (including phenoxy) is 2. The summed E-state index contributed by atoms with van der Waals surface area (Å²) in [5.74, 6) is -0.745. The molecular formula is C40H75NO10. The summed E-state index contributed by atoms with van der Waals surface area (Å²) < 4.78 is 11.0. The summed E-state index contributed by atoms with van der Waals surface area (Å²) in [6, 6.07) is -1.19. The third-order valence-corrected chi connectivity index (χ3v) is 9.73. The molecule has 1 amide bonds. The summed E-state index contributed by atoms with van der Waals surface area (Å²) in [5, 5.41) is 75.0.